The van der Waals surface area contributed by atoms with Gasteiger partial charge in [0, 0.05) is 18.9 Å². The van der Waals surface area contributed by atoms with Gasteiger partial charge in [-0.05, 0) is 24.0 Å². The van der Waals surface area contributed by atoms with E-state index in [1.54, 1.807) is 13.3 Å². The zero-order valence-corrected chi connectivity index (χ0v) is 18.2. The second-order valence-corrected chi connectivity index (χ2v) is 12.5. The van der Waals surface area contributed by atoms with Gasteiger partial charge in [0.2, 0.25) is 5.71 Å². The van der Waals surface area contributed by atoms with Crippen LogP contribution in [0.5, 0.6) is 5.75 Å². The molecule has 2 aromatic heterocycles. The largest absolute Gasteiger partial charge is 0.467 e. The smallest absolute Gasteiger partial charge is 0.230 e. The molecule has 0 bridgehead atoms. The van der Waals surface area contributed by atoms with E-state index in [1.165, 1.54) is 34.7 Å². The first-order chi connectivity index (χ1) is 13.1. The van der Waals surface area contributed by atoms with E-state index in [0.717, 1.165) is 17.6 Å². The molecule has 0 aromatic carbocycles. The highest BCUT2D eigenvalue weighted by Gasteiger charge is 2.39. The summed E-state index contributed by atoms with van der Waals surface area (Å²) in [6, 6.07) is 5.41. The first-order valence-corrected chi connectivity index (χ1v) is 12.6. The molecule has 0 saturated carbocycles. The number of hydrogen-bond acceptors (Lipinski definition) is 4. The summed E-state index contributed by atoms with van der Waals surface area (Å²) >= 11 is 0. The lowest BCUT2D eigenvalue weighted by atomic mass is 9.88. The van der Waals surface area contributed by atoms with Crippen LogP contribution in [0.4, 0.5) is 0 Å². The van der Waals surface area contributed by atoms with Crippen molar-refractivity contribution in [2.45, 2.75) is 52.2 Å². The van der Waals surface area contributed by atoms with Crippen LogP contribution in [0.1, 0.15) is 39.7 Å². The summed E-state index contributed by atoms with van der Waals surface area (Å²) in [5.74, 6) is 1.24. The molecular weight excluding hydrogens is 354 g/mol. The van der Waals surface area contributed by atoms with Gasteiger partial charge in [-0.15, -0.1) is 0 Å². The third-order valence-corrected chi connectivity index (χ3v) is 11.5. The molecule has 2 heterocycles. The normalized spacial score (nSPS) is 17.4. The monoisotopic (exact) mass is 385 g/mol. The van der Waals surface area contributed by atoms with Crippen molar-refractivity contribution >= 4 is 30.1 Å². The molecule has 1 atom stereocenters. The van der Waals surface area contributed by atoms with E-state index in [1.807, 2.05) is 6.07 Å². The van der Waals surface area contributed by atoms with Gasteiger partial charge in [0.25, 0.3) is 0 Å². The van der Waals surface area contributed by atoms with Crippen molar-refractivity contribution in [3.8, 4) is 5.75 Å². The van der Waals surface area contributed by atoms with Gasteiger partial charge in [0.05, 0.1) is 10.8 Å². The van der Waals surface area contributed by atoms with Crippen LogP contribution in [0.15, 0.2) is 34.9 Å². The van der Waals surface area contributed by atoms with Crippen LogP contribution in [0.3, 0.4) is 0 Å². The Morgan fingerprint density at radius 1 is 1.22 bits per heavy atom. The first kappa shape index (κ1) is 19.9. The predicted molar refractivity (Wildman–Crippen MR) is 114 cm³/mol. The highest BCUT2D eigenvalue weighted by atomic mass is 28.3. The van der Waals surface area contributed by atoms with Crippen LogP contribution < -0.4 is 10.1 Å². The molecule has 1 unspecified atom stereocenters. The van der Waals surface area contributed by atoms with Gasteiger partial charge in [-0.1, -0.05) is 64.1 Å². The van der Waals surface area contributed by atoms with Crippen LogP contribution in [0.2, 0.25) is 18.1 Å². The maximum absolute atomic E-state index is 6.52. The maximum atomic E-state index is 6.52. The summed E-state index contributed by atoms with van der Waals surface area (Å²) in [6.07, 6.45) is 9.45. The van der Waals surface area contributed by atoms with E-state index in [2.05, 4.69) is 50.9 Å². The Labute approximate surface area is 163 Å². The number of hydrogen-bond donors (Lipinski definition) is 0. The van der Waals surface area contributed by atoms with Crippen molar-refractivity contribution < 1.29 is 13.9 Å². The van der Waals surface area contributed by atoms with E-state index in [-0.39, 0.29) is 6.79 Å². The van der Waals surface area contributed by atoms with Crippen LogP contribution in [-0.4, -0.2) is 27.0 Å². The Morgan fingerprint density at radius 2 is 1.96 bits per heavy atom. The Kier molecular flexibility index (Phi) is 6.22. The lowest BCUT2D eigenvalue weighted by Crippen LogP contribution is -2.46. The lowest BCUT2D eigenvalue weighted by molar-refractivity contribution is 0.0522. The number of aromatic nitrogens is 1. The topological polar surface area (TPSA) is 44.5 Å². The molecule has 1 aliphatic rings. The number of ether oxygens (including phenoxy) is 2. The summed E-state index contributed by atoms with van der Waals surface area (Å²) in [5, 5.41) is 2.20. The van der Waals surface area contributed by atoms with Gasteiger partial charge >= 0.3 is 0 Å². The number of methoxy groups -OCH3 is 1. The summed E-state index contributed by atoms with van der Waals surface area (Å²) in [5.41, 5.74) is 3.26. The third kappa shape index (κ3) is 3.50. The SMILES string of the molecule is CC[Si](CC)(CC)c1oc2nccc(OCOC)c2c1C1=CC=CCC1C. The number of allylic oxidation sites excluding steroid dienone is 4. The molecule has 27 heavy (non-hydrogen) atoms. The minimum absolute atomic E-state index is 0.214. The van der Waals surface area contributed by atoms with Crippen LogP contribution in [0, 0.1) is 5.92 Å². The van der Waals surface area contributed by atoms with Gasteiger partial charge in [-0.25, -0.2) is 4.98 Å². The minimum atomic E-state index is -1.75. The van der Waals surface area contributed by atoms with E-state index in [4.69, 9.17) is 13.9 Å². The first-order valence-electron chi connectivity index (χ1n) is 10.0. The molecule has 0 saturated heterocycles. The highest BCUT2D eigenvalue weighted by Crippen LogP contribution is 2.40. The highest BCUT2D eigenvalue weighted by molar-refractivity contribution is 6.91. The molecule has 2 aromatic rings. The molecule has 146 valence electrons. The summed E-state index contributed by atoms with van der Waals surface area (Å²) in [7, 11) is -0.109. The molecule has 0 aliphatic heterocycles. The van der Waals surface area contributed by atoms with E-state index < -0.39 is 8.07 Å². The van der Waals surface area contributed by atoms with Crippen molar-refractivity contribution in [2.75, 3.05) is 13.9 Å². The Balaban J connectivity index is 2.34. The van der Waals surface area contributed by atoms with E-state index in [9.17, 15) is 0 Å². The fourth-order valence-corrected chi connectivity index (χ4v) is 7.77. The molecule has 5 heteroatoms. The van der Waals surface area contributed by atoms with Crippen molar-refractivity contribution in [1.29, 1.82) is 0 Å². The van der Waals surface area contributed by atoms with Gasteiger partial charge in [0.1, 0.15) is 13.8 Å². The average Bonchev–Trinajstić information content (AvgIpc) is 3.09. The quantitative estimate of drug-likeness (QED) is 0.444. The van der Waals surface area contributed by atoms with Crippen LogP contribution >= 0.6 is 0 Å². The standard InChI is InChI=1S/C22H31NO3Si/c1-6-27(7-2,8-3)22-19(17-12-10-9-11-16(17)4)20-18(25-15-24-5)13-14-23-21(20)26-22/h9-10,12-14,16H,6-8,11,15H2,1-5H3. The molecule has 3 rings (SSSR count). The third-order valence-electron chi connectivity index (χ3n) is 6.12. The Bertz CT molecular complexity index is 840. The van der Waals surface area contributed by atoms with Gasteiger partial charge in [0.15, 0.2) is 6.79 Å². The van der Waals surface area contributed by atoms with Crippen LogP contribution in [0.25, 0.3) is 16.7 Å². The number of rotatable bonds is 8. The fraction of sp³-hybridized carbons (Fsp3) is 0.500. The molecule has 0 fully saturated rings. The number of pyridine rings is 1. The maximum Gasteiger partial charge on any atom is 0.230 e. The van der Waals surface area contributed by atoms with E-state index in [0.29, 0.717) is 11.6 Å². The summed E-state index contributed by atoms with van der Waals surface area (Å²) in [6.45, 7) is 9.43. The number of fused-ring (bicyclic) bond motifs is 1. The second kappa shape index (κ2) is 8.44. The number of nitrogens with zero attached hydrogens (tertiary/aromatic N) is 1. The fourth-order valence-electron chi connectivity index (χ4n) is 4.19. The zero-order valence-electron chi connectivity index (χ0n) is 17.2. The van der Waals surface area contributed by atoms with Crippen molar-refractivity contribution in [3.63, 3.8) is 0 Å². The van der Waals surface area contributed by atoms with Gasteiger partial charge in [-0.3, -0.25) is 0 Å². The number of furan rings is 1. The molecule has 0 spiro atoms. The second-order valence-electron chi connectivity index (χ2n) is 7.37. The van der Waals surface area contributed by atoms with Crippen molar-refractivity contribution in [2.24, 2.45) is 5.92 Å². The molecule has 0 amide bonds. The predicted octanol–water partition coefficient (Wildman–Crippen LogP) is 5.51. The minimum Gasteiger partial charge on any atom is -0.467 e. The van der Waals surface area contributed by atoms with Crippen molar-refractivity contribution in [1.82, 2.24) is 4.98 Å². The van der Waals surface area contributed by atoms with Crippen molar-refractivity contribution in [3.05, 3.63) is 36.1 Å². The zero-order chi connectivity index (χ0) is 19.4. The Hall–Kier alpha value is -1.85. The van der Waals surface area contributed by atoms with Crippen LogP contribution in [-0.2, 0) is 4.74 Å². The average molecular weight is 386 g/mol. The van der Waals surface area contributed by atoms with E-state index >= 15 is 0 Å². The molecular formula is C22H31NO3Si. The van der Waals surface area contributed by atoms with Gasteiger partial charge in [-0.2, -0.15) is 0 Å². The van der Waals surface area contributed by atoms with Gasteiger partial charge < -0.3 is 13.9 Å². The summed E-state index contributed by atoms with van der Waals surface area (Å²) in [4.78, 5) is 4.56. The molecule has 0 radical (unpaired) electrons. The Morgan fingerprint density at radius 3 is 2.59 bits per heavy atom. The lowest BCUT2D eigenvalue weighted by Gasteiger charge is -2.28. The summed E-state index contributed by atoms with van der Waals surface area (Å²) < 4.78 is 17.6. The molecule has 1 aliphatic carbocycles. The molecule has 4 nitrogen and oxygen atoms in total. The molecule has 0 N–H and O–H groups in total.